The van der Waals surface area contributed by atoms with E-state index in [9.17, 15) is 10.4 Å². The van der Waals surface area contributed by atoms with E-state index in [2.05, 4.69) is 16.0 Å². The molecule has 0 aliphatic carbocycles. The molecule has 0 saturated heterocycles. The summed E-state index contributed by atoms with van der Waals surface area (Å²) in [5.74, 6) is 0.798. The van der Waals surface area contributed by atoms with E-state index in [-0.39, 0.29) is 18.5 Å². The van der Waals surface area contributed by atoms with Crippen LogP contribution in [0, 0.1) is 11.3 Å². The Morgan fingerprint density at radius 3 is 2.69 bits per heavy atom. The zero-order valence-electron chi connectivity index (χ0n) is 14.7. The van der Waals surface area contributed by atoms with Gasteiger partial charge in [-0.25, -0.2) is 4.98 Å². The number of nitrogen functional groups attached to an aromatic ring is 1. The predicted octanol–water partition coefficient (Wildman–Crippen LogP) is 3.48. The highest BCUT2D eigenvalue weighted by atomic mass is 16.5. The van der Waals surface area contributed by atoms with Gasteiger partial charge in [-0.05, 0) is 43.7 Å². The van der Waals surface area contributed by atoms with Crippen molar-refractivity contribution in [1.82, 2.24) is 9.97 Å². The lowest BCUT2D eigenvalue weighted by molar-refractivity contribution is 0.225. The summed E-state index contributed by atoms with van der Waals surface area (Å²) in [6.07, 6.45) is 3.61. The predicted molar refractivity (Wildman–Crippen MR) is 100 cm³/mol. The number of aliphatic hydroxyl groups excluding tert-OH is 1. The number of nitrogens with two attached hydrogens (primary N) is 1. The minimum Gasteiger partial charge on any atom is -0.491 e. The zero-order valence-corrected chi connectivity index (χ0v) is 14.7. The molecule has 6 nitrogen and oxygen atoms in total. The van der Waals surface area contributed by atoms with E-state index in [0.29, 0.717) is 28.1 Å². The molecule has 0 atom stereocenters. The lowest BCUT2D eigenvalue weighted by atomic mass is 9.97. The standard InChI is InChI=1S/C20H20N4O2/c1-12(2)26-19-4-3-13(7-15(19)11-25)16-8-18(14-5-6-23-10-14)24-20(22)17(16)9-21/h3-8,10,12,23,25H,11H2,1-2H3,(H2,22,24). The van der Waals surface area contributed by atoms with Gasteiger partial charge in [0.1, 0.15) is 23.2 Å². The van der Waals surface area contributed by atoms with Crippen molar-refractivity contribution in [1.29, 1.82) is 5.26 Å². The number of pyridine rings is 1. The summed E-state index contributed by atoms with van der Waals surface area (Å²) in [5, 5.41) is 19.2. The Labute approximate surface area is 151 Å². The van der Waals surface area contributed by atoms with E-state index in [0.717, 1.165) is 11.1 Å². The maximum Gasteiger partial charge on any atom is 0.142 e. The molecule has 2 aromatic heterocycles. The summed E-state index contributed by atoms with van der Waals surface area (Å²) in [6, 6.07) is 11.3. The number of H-pyrrole nitrogens is 1. The van der Waals surface area contributed by atoms with Crippen molar-refractivity contribution in [3.05, 3.63) is 53.9 Å². The second-order valence-corrected chi connectivity index (χ2v) is 6.17. The molecule has 3 rings (SSSR count). The molecular weight excluding hydrogens is 328 g/mol. The van der Waals surface area contributed by atoms with Gasteiger partial charge in [0.05, 0.1) is 18.4 Å². The number of nitrogens with zero attached hydrogens (tertiary/aromatic N) is 2. The first-order chi connectivity index (χ1) is 12.5. The third kappa shape index (κ3) is 3.39. The van der Waals surface area contributed by atoms with E-state index >= 15 is 0 Å². The Bertz CT molecular complexity index is 957. The third-order valence-electron chi connectivity index (χ3n) is 3.96. The number of nitriles is 1. The summed E-state index contributed by atoms with van der Waals surface area (Å²) in [4.78, 5) is 7.32. The summed E-state index contributed by atoms with van der Waals surface area (Å²) in [7, 11) is 0. The minimum absolute atomic E-state index is 0.00224. The van der Waals surface area contributed by atoms with Crippen molar-refractivity contribution in [2.45, 2.75) is 26.6 Å². The van der Waals surface area contributed by atoms with Crippen LogP contribution < -0.4 is 10.5 Å². The van der Waals surface area contributed by atoms with E-state index < -0.39 is 0 Å². The van der Waals surface area contributed by atoms with Gasteiger partial charge < -0.3 is 20.6 Å². The number of hydrogen-bond donors (Lipinski definition) is 3. The van der Waals surface area contributed by atoms with Crippen molar-refractivity contribution in [3.8, 4) is 34.2 Å². The summed E-state index contributed by atoms with van der Waals surface area (Å²) < 4.78 is 5.72. The van der Waals surface area contributed by atoms with Gasteiger partial charge >= 0.3 is 0 Å². The average Bonchev–Trinajstić information content (AvgIpc) is 3.15. The number of aliphatic hydroxyl groups is 1. The van der Waals surface area contributed by atoms with Gasteiger partial charge in [0.25, 0.3) is 0 Å². The molecule has 1 aromatic carbocycles. The Morgan fingerprint density at radius 2 is 2.08 bits per heavy atom. The second-order valence-electron chi connectivity index (χ2n) is 6.17. The number of anilines is 1. The van der Waals surface area contributed by atoms with E-state index in [1.807, 2.05) is 44.3 Å². The fraction of sp³-hybridized carbons (Fsp3) is 0.200. The van der Waals surface area contributed by atoms with Crippen LogP contribution in [-0.4, -0.2) is 21.2 Å². The number of aromatic nitrogens is 2. The van der Waals surface area contributed by atoms with E-state index in [4.69, 9.17) is 10.5 Å². The first-order valence-corrected chi connectivity index (χ1v) is 8.28. The van der Waals surface area contributed by atoms with Crippen molar-refractivity contribution >= 4 is 5.82 Å². The summed E-state index contributed by atoms with van der Waals surface area (Å²) in [5.41, 5.74) is 9.98. The topological polar surface area (TPSA) is 108 Å². The first-order valence-electron chi connectivity index (χ1n) is 8.28. The highest BCUT2D eigenvalue weighted by Crippen LogP contribution is 2.33. The van der Waals surface area contributed by atoms with Crippen LogP contribution >= 0.6 is 0 Å². The Hall–Kier alpha value is -3.30. The number of hydrogen-bond acceptors (Lipinski definition) is 5. The van der Waals surface area contributed by atoms with Crippen LogP contribution in [0.1, 0.15) is 25.0 Å². The van der Waals surface area contributed by atoms with Crippen LogP contribution in [0.5, 0.6) is 5.75 Å². The molecular formula is C20H20N4O2. The molecule has 0 bridgehead atoms. The van der Waals surface area contributed by atoms with Gasteiger partial charge in [-0.3, -0.25) is 0 Å². The Balaban J connectivity index is 2.15. The largest absolute Gasteiger partial charge is 0.491 e. The van der Waals surface area contributed by atoms with Crippen LogP contribution in [0.4, 0.5) is 5.82 Å². The highest BCUT2D eigenvalue weighted by molar-refractivity contribution is 5.80. The third-order valence-corrected chi connectivity index (χ3v) is 3.96. The van der Waals surface area contributed by atoms with Gasteiger partial charge in [0.15, 0.2) is 0 Å². The molecule has 4 N–H and O–H groups in total. The van der Waals surface area contributed by atoms with Crippen LogP contribution in [0.2, 0.25) is 0 Å². The van der Waals surface area contributed by atoms with Gasteiger partial charge in [-0.15, -0.1) is 0 Å². The highest BCUT2D eigenvalue weighted by Gasteiger charge is 2.15. The second kappa shape index (κ2) is 7.30. The number of ether oxygens (including phenoxy) is 1. The molecule has 0 aliphatic heterocycles. The fourth-order valence-corrected chi connectivity index (χ4v) is 2.78. The number of nitrogens with one attached hydrogen (secondary N) is 1. The minimum atomic E-state index is -0.164. The van der Waals surface area contributed by atoms with Gasteiger partial charge in [0.2, 0.25) is 0 Å². The maximum atomic E-state index is 9.70. The molecule has 132 valence electrons. The molecule has 0 radical (unpaired) electrons. The summed E-state index contributed by atoms with van der Waals surface area (Å²) >= 11 is 0. The fourth-order valence-electron chi connectivity index (χ4n) is 2.78. The Kier molecular flexibility index (Phi) is 4.92. The lowest BCUT2D eigenvalue weighted by Crippen LogP contribution is -2.07. The average molecular weight is 348 g/mol. The molecule has 0 spiro atoms. The van der Waals surface area contributed by atoms with Crippen molar-refractivity contribution in [2.24, 2.45) is 0 Å². The van der Waals surface area contributed by atoms with Crippen LogP contribution in [0.3, 0.4) is 0 Å². The van der Waals surface area contributed by atoms with Crippen molar-refractivity contribution in [2.75, 3.05) is 5.73 Å². The lowest BCUT2D eigenvalue weighted by Gasteiger charge is -2.15. The van der Waals surface area contributed by atoms with Crippen LogP contribution in [0.25, 0.3) is 22.4 Å². The molecule has 0 saturated carbocycles. The number of aromatic amines is 1. The summed E-state index contributed by atoms with van der Waals surface area (Å²) in [6.45, 7) is 3.69. The normalized spacial score (nSPS) is 10.7. The van der Waals surface area contributed by atoms with E-state index in [1.54, 1.807) is 12.3 Å². The van der Waals surface area contributed by atoms with Gasteiger partial charge in [-0.1, -0.05) is 6.07 Å². The van der Waals surface area contributed by atoms with Gasteiger partial charge in [-0.2, -0.15) is 5.26 Å². The van der Waals surface area contributed by atoms with Gasteiger partial charge in [0, 0.05) is 29.1 Å². The molecule has 0 amide bonds. The molecule has 6 heteroatoms. The molecule has 26 heavy (non-hydrogen) atoms. The molecule has 0 aliphatic rings. The molecule has 3 aromatic rings. The molecule has 0 fully saturated rings. The van der Waals surface area contributed by atoms with Crippen molar-refractivity contribution in [3.63, 3.8) is 0 Å². The maximum absolute atomic E-state index is 9.70. The SMILES string of the molecule is CC(C)Oc1ccc(-c2cc(-c3cc[nH]c3)nc(N)c2C#N)cc1CO. The Morgan fingerprint density at radius 1 is 1.27 bits per heavy atom. The first kappa shape index (κ1) is 17.5. The van der Waals surface area contributed by atoms with Crippen LogP contribution in [-0.2, 0) is 6.61 Å². The zero-order chi connectivity index (χ0) is 18.7. The number of benzene rings is 1. The number of rotatable bonds is 5. The molecule has 2 heterocycles. The van der Waals surface area contributed by atoms with Crippen molar-refractivity contribution < 1.29 is 9.84 Å². The quantitative estimate of drug-likeness (QED) is 0.654. The molecule has 0 unspecified atom stereocenters. The smallest absolute Gasteiger partial charge is 0.142 e. The van der Waals surface area contributed by atoms with E-state index in [1.165, 1.54) is 0 Å². The monoisotopic (exact) mass is 348 g/mol. The van der Waals surface area contributed by atoms with Crippen LogP contribution in [0.15, 0.2) is 42.7 Å².